The molecule has 3 rings (SSSR count). The van der Waals surface area contributed by atoms with E-state index in [1.807, 2.05) is 61.2 Å². The van der Waals surface area contributed by atoms with Crippen LogP contribution in [0, 0.1) is 0 Å². The maximum atomic E-state index is 12.7. The molecule has 3 aromatic rings. The molecule has 0 radical (unpaired) electrons. The van der Waals surface area contributed by atoms with Gasteiger partial charge in [0.2, 0.25) is 5.91 Å². The zero-order chi connectivity index (χ0) is 17.1. The first-order valence-corrected chi connectivity index (χ1v) is 9.06. The van der Waals surface area contributed by atoms with Crippen LogP contribution < -0.4 is 4.90 Å². The first-order valence-electron chi connectivity index (χ1n) is 7.70. The fraction of sp³-hybridized carbons (Fsp3) is 0.222. The minimum Gasteiger partial charge on any atom is -0.333 e. The Hall–Kier alpha value is -1.69. The van der Waals surface area contributed by atoms with E-state index in [1.165, 1.54) is 11.8 Å². The number of amides is 1. The predicted octanol–water partition coefficient (Wildman–Crippen LogP) is 5.17. The number of carbonyl (C=O) groups is 1. The maximum absolute atomic E-state index is 12.7. The Kier molecular flexibility index (Phi) is 6.76. The lowest BCUT2D eigenvalue weighted by atomic mass is 10.2. The molecule has 0 aliphatic carbocycles. The Bertz CT molecular complexity index is 852. The molecule has 1 heterocycles. The van der Waals surface area contributed by atoms with Crippen LogP contribution in [0.1, 0.15) is 13.8 Å². The second-order valence-corrected chi connectivity index (χ2v) is 7.09. The molecule has 0 atom stereocenters. The molecular formula is C18H19Cl2N3OS. The summed E-state index contributed by atoms with van der Waals surface area (Å²) in [7, 11) is 0. The number of rotatable bonds is 5. The standard InChI is InChI=1S/C18H18ClN3OS.ClH/c1-12(2)22(14-6-4-3-5-7-14)17(23)11-24-18-20-15-9-8-13(19)10-16(15)21-18;/h3-10,12H,11H2,1-2H3,(H,20,21);1H. The summed E-state index contributed by atoms with van der Waals surface area (Å²) in [4.78, 5) is 22.2. The molecule has 0 spiro atoms. The highest BCUT2D eigenvalue weighted by atomic mass is 35.5. The lowest BCUT2D eigenvalue weighted by molar-refractivity contribution is -0.116. The Labute approximate surface area is 162 Å². The van der Waals surface area contributed by atoms with Crippen molar-refractivity contribution in [3.8, 4) is 0 Å². The predicted molar refractivity (Wildman–Crippen MR) is 108 cm³/mol. The first-order chi connectivity index (χ1) is 11.5. The molecule has 132 valence electrons. The van der Waals surface area contributed by atoms with E-state index in [0.29, 0.717) is 10.8 Å². The summed E-state index contributed by atoms with van der Waals surface area (Å²) in [6.07, 6.45) is 0. The van der Waals surface area contributed by atoms with E-state index in [-0.39, 0.29) is 24.4 Å². The molecular weight excluding hydrogens is 377 g/mol. The van der Waals surface area contributed by atoms with Crippen molar-refractivity contribution < 1.29 is 4.79 Å². The van der Waals surface area contributed by atoms with Crippen molar-refractivity contribution in [3.63, 3.8) is 0 Å². The summed E-state index contributed by atoms with van der Waals surface area (Å²) in [5.74, 6) is 0.375. The Morgan fingerprint density at radius 3 is 2.64 bits per heavy atom. The van der Waals surface area contributed by atoms with Crippen LogP contribution in [0.4, 0.5) is 5.69 Å². The fourth-order valence-corrected chi connectivity index (χ4v) is 3.46. The molecule has 1 aromatic heterocycles. The lowest BCUT2D eigenvalue weighted by Crippen LogP contribution is -2.38. The van der Waals surface area contributed by atoms with Crippen molar-refractivity contribution in [2.75, 3.05) is 10.7 Å². The van der Waals surface area contributed by atoms with Crippen molar-refractivity contribution in [1.82, 2.24) is 9.97 Å². The van der Waals surface area contributed by atoms with Gasteiger partial charge in [-0.1, -0.05) is 41.6 Å². The highest BCUT2D eigenvalue weighted by molar-refractivity contribution is 7.99. The molecule has 0 aliphatic rings. The van der Waals surface area contributed by atoms with Gasteiger partial charge in [-0.15, -0.1) is 12.4 Å². The molecule has 4 nitrogen and oxygen atoms in total. The molecule has 1 N–H and O–H groups in total. The largest absolute Gasteiger partial charge is 0.333 e. The number of nitrogens with zero attached hydrogens (tertiary/aromatic N) is 2. The number of imidazole rings is 1. The third-order valence-corrected chi connectivity index (χ3v) is 4.67. The van der Waals surface area contributed by atoms with Gasteiger partial charge in [-0.2, -0.15) is 0 Å². The number of aromatic amines is 1. The molecule has 2 aromatic carbocycles. The van der Waals surface area contributed by atoms with Gasteiger partial charge in [0.15, 0.2) is 5.16 Å². The van der Waals surface area contributed by atoms with Crippen LogP contribution in [0.15, 0.2) is 53.7 Å². The van der Waals surface area contributed by atoms with Crippen molar-refractivity contribution in [3.05, 3.63) is 53.6 Å². The van der Waals surface area contributed by atoms with Gasteiger partial charge in [0.05, 0.1) is 16.8 Å². The third kappa shape index (κ3) is 4.69. The molecule has 25 heavy (non-hydrogen) atoms. The van der Waals surface area contributed by atoms with E-state index in [0.717, 1.165) is 21.9 Å². The van der Waals surface area contributed by atoms with E-state index in [2.05, 4.69) is 9.97 Å². The molecule has 0 unspecified atom stereocenters. The first kappa shape index (κ1) is 19.6. The van der Waals surface area contributed by atoms with Crippen LogP contribution in [-0.4, -0.2) is 27.7 Å². The zero-order valence-corrected chi connectivity index (χ0v) is 16.3. The summed E-state index contributed by atoms with van der Waals surface area (Å²) in [6, 6.07) is 15.3. The van der Waals surface area contributed by atoms with Crippen LogP contribution in [0.25, 0.3) is 11.0 Å². The van der Waals surface area contributed by atoms with Crippen LogP contribution in [-0.2, 0) is 4.79 Å². The average Bonchev–Trinajstić information content (AvgIpc) is 2.95. The summed E-state index contributed by atoms with van der Waals surface area (Å²) in [6.45, 7) is 4.03. The Morgan fingerprint density at radius 1 is 1.24 bits per heavy atom. The third-order valence-electron chi connectivity index (χ3n) is 3.57. The summed E-state index contributed by atoms with van der Waals surface area (Å²) >= 11 is 7.38. The van der Waals surface area contributed by atoms with Gasteiger partial charge < -0.3 is 9.88 Å². The van der Waals surface area contributed by atoms with Gasteiger partial charge in [-0.3, -0.25) is 4.79 Å². The van der Waals surface area contributed by atoms with Crippen LogP contribution in [0.5, 0.6) is 0 Å². The number of para-hydroxylation sites is 1. The number of hydrogen-bond donors (Lipinski definition) is 1. The molecule has 1 amide bonds. The number of hydrogen-bond acceptors (Lipinski definition) is 3. The smallest absolute Gasteiger partial charge is 0.237 e. The zero-order valence-electron chi connectivity index (χ0n) is 13.9. The van der Waals surface area contributed by atoms with E-state index in [4.69, 9.17) is 11.6 Å². The molecule has 7 heteroatoms. The molecule has 0 saturated heterocycles. The summed E-state index contributed by atoms with van der Waals surface area (Å²) in [5.41, 5.74) is 2.63. The van der Waals surface area contributed by atoms with Crippen molar-refractivity contribution >= 4 is 58.4 Å². The van der Waals surface area contributed by atoms with E-state index in [9.17, 15) is 4.79 Å². The summed E-state index contributed by atoms with van der Waals surface area (Å²) in [5, 5.41) is 1.38. The quantitative estimate of drug-likeness (QED) is 0.605. The number of benzene rings is 2. The number of H-pyrrole nitrogens is 1. The Balaban J connectivity index is 0.00000225. The second-order valence-electron chi connectivity index (χ2n) is 5.69. The number of carbonyl (C=O) groups excluding carboxylic acids is 1. The number of fused-ring (bicyclic) bond motifs is 1. The monoisotopic (exact) mass is 395 g/mol. The van der Waals surface area contributed by atoms with Gasteiger partial charge in [0, 0.05) is 16.8 Å². The van der Waals surface area contributed by atoms with Gasteiger partial charge in [-0.25, -0.2) is 4.98 Å². The SMILES string of the molecule is CC(C)N(C(=O)CSc1nc2ccc(Cl)cc2[nH]1)c1ccccc1.Cl. The molecule has 0 aliphatic heterocycles. The number of nitrogens with one attached hydrogen (secondary N) is 1. The van der Waals surface area contributed by atoms with E-state index in [1.54, 1.807) is 6.07 Å². The van der Waals surface area contributed by atoms with Crippen LogP contribution in [0.2, 0.25) is 5.02 Å². The average molecular weight is 396 g/mol. The van der Waals surface area contributed by atoms with Crippen LogP contribution in [0.3, 0.4) is 0 Å². The van der Waals surface area contributed by atoms with E-state index >= 15 is 0 Å². The summed E-state index contributed by atoms with van der Waals surface area (Å²) < 4.78 is 0. The molecule has 0 fully saturated rings. The van der Waals surface area contributed by atoms with Crippen molar-refractivity contribution in [2.24, 2.45) is 0 Å². The number of halogens is 2. The molecule has 0 bridgehead atoms. The lowest BCUT2D eigenvalue weighted by Gasteiger charge is -2.26. The van der Waals surface area contributed by atoms with Crippen LogP contribution >= 0.6 is 35.8 Å². The minimum atomic E-state index is 0. The highest BCUT2D eigenvalue weighted by Gasteiger charge is 2.19. The fourth-order valence-electron chi connectivity index (χ4n) is 2.55. The van der Waals surface area contributed by atoms with Crippen molar-refractivity contribution in [2.45, 2.75) is 25.0 Å². The van der Waals surface area contributed by atoms with Gasteiger partial charge >= 0.3 is 0 Å². The number of aromatic nitrogens is 2. The number of thioether (sulfide) groups is 1. The van der Waals surface area contributed by atoms with Gasteiger partial charge in [-0.05, 0) is 44.2 Å². The van der Waals surface area contributed by atoms with Gasteiger partial charge in [0.1, 0.15) is 0 Å². The van der Waals surface area contributed by atoms with Crippen molar-refractivity contribution in [1.29, 1.82) is 0 Å². The molecule has 0 saturated carbocycles. The normalized spacial score (nSPS) is 10.7. The number of anilines is 1. The highest BCUT2D eigenvalue weighted by Crippen LogP contribution is 2.24. The Morgan fingerprint density at radius 2 is 1.96 bits per heavy atom. The van der Waals surface area contributed by atoms with E-state index < -0.39 is 0 Å². The minimum absolute atomic E-state index is 0. The maximum Gasteiger partial charge on any atom is 0.237 e. The second kappa shape index (κ2) is 8.61. The van der Waals surface area contributed by atoms with Gasteiger partial charge in [0.25, 0.3) is 0 Å². The topological polar surface area (TPSA) is 49.0 Å².